The van der Waals surface area contributed by atoms with Gasteiger partial charge < -0.3 is 10.2 Å². The molecule has 3 heterocycles. The van der Waals surface area contributed by atoms with Crippen molar-refractivity contribution in [1.29, 1.82) is 0 Å². The predicted octanol–water partition coefficient (Wildman–Crippen LogP) is 1.25. The molecule has 0 spiro atoms. The Labute approximate surface area is 146 Å². The zero-order chi connectivity index (χ0) is 17.2. The maximum atomic E-state index is 12.8. The SMILES string of the molecule is O=C1CCc2cc(C(=O)N3CCN(Cc4cn[nH]c4)CC3)ccc2N1. The number of hydrogen-bond acceptors (Lipinski definition) is 4. The lowest BCUT2D eigenvalue weighted by atomic mass is 10.00. The number of nitrogens with one attached hydrogen (secondary N) is 2. The van der Waals surface area contributed by atoms with Gasteiger partial charge in [-0.1, -0.05) is 0 Å². The maximum Gasteiger partial charge on any atom is 0.253 e. The molecule has 0 bridgehead atoms. The highest BCUT2D eigenvalue weighted by Crippen LogP contribution is 2.24. The quantitative estimate of drug-likeness (QED) is 0.882. The number of hydrogen-bond donors (Lipinski definition) is 2. The van der Waals surface area contributed by atoms with Crippen LogP contribution in [-0.4, -0.2) is 58.0 Å². The third kappa shape index (κ3) is 3.41. The molecule has 1 aromatic heterocycles. The Morgan fingerprint density at radius 2 is 2.00 bits per heavy atom. The van der Waals surface area contributed by atoms with E-state index in [0.717, 1.165) is 49.5 Å². The van der Waals surface area contributed by atoms with Crippen LogP contribution in [0.2, 0.25) is 0 Å². The first kappa shape index (κ1) is 15.8. The summed E-state index contributed by atoms with van der Waals surface area (Å²) in [7, 11) is 0. The summed E-state index contributed by atoms with van der Waals surface area (Å²) in [4.78, 5) is 28.5. The molecule has 7 nitrogen and oxygen atoms in total. The van der Waals surface area contributed by atoms with E-state index in [1.54, 1.807) is 0 Å². The van der Waals surface area contributed by atoms with Crippen molar-refractivity contribution in [2.24, 2.45) is 0 Å². The highest BCUT2D eigenvalue weighted by molar-refractivity contribution is 5.98. The highest BCUT2D eigenvalue weighted by atomic mass is 16.2. The number of fused-ring (bicyclic) bond motifs is 1. The van der Waals surface area contributed by atoms with Crippen LogP contribution in [0, 0.1) is 0 Å². The van der Waals surface area contributed by atoms with Gasteiger partial charge in [0.25, 0.3) is 5.91 Å². The molecule has 1 saturated heterocycles. The maximum absolute atomic E-state index is 12.8. The van der Waals surface area contributed by atoms with Crippen LogP contribution in [0.15, 0.2) is 30.6 Å². The molecule has 4 rings (SSSR count). The molecule has 0 aliphatic carbocycles. The van der Waals surface area contributed by atoms with Gasteiger partial charge in [0.15, 0.2) is 0 Å². The topological polar surface area (TPSA) is 81.3 Å². The summed E-state index contributed by atoms with van der Waals surface area (Å²) in [6, 6.07) is 5.58. The van der Waals surface area contributed by atoms with Crippen molar-refractivity contribution in [3.63, 3.8) is 0 Å². The van der Waals surface area contributed by atoms with Gasteiger partial charge in [-0.05, 0) is 30.2 Å². The Bertz CT molecular complexity index is 779. The molecule has 0 saturated carbocycles. The normalized spacial score (nSPS) is 17.9. The van der Waals surface area contributed by atoms with Crippen LogP contribution < -0.4 is 5.32 Å². The Kier molecular flexibility index (Phi) is 4.23. The van der Waals surface area contributed by atoms with Gasteiger partial charge in [0.1, 0.15) is 0 Å². The number of amides is 2. The van der Waals surface area contributed by atoms with E-state index in [-0.39, 0.29) is 11.8 Å². The lowest BCUT2D eigenvalue weighted by Gasteiger charge is -2.34. The standard InChI is InChI=1S/C18H21N5O2/c24-17-4-2-14-9-15(1-3-16(14)21-17)18(25)23-7-5-22(6-8-23)12-13-10-19-20-11-13/h1,3,9-11H,2,4-8,12H2,(H,19,20)(H,21,24). The first-order chi connectivity index (χ1) is 12.2. The van der Waals surface area contributed by atoms with Crippen molar-refractivity contribution >= 4 is 17.5 Å². The fraction of sp³-hybridized carbons (Fsp3) is 0.389. The second-order valence-electron chi connectivity index (χ2n) is 6.60. The van der Waals surface area contributed by atoms with Gasteiger partial charge in [-0.25, -0.2) is 0 Å². The van der Waals surface area contributed by atoms with Gasteiger partial charge in [-0.2, -0.15) is 5.10 Å². The minimum Gasteiger partial charge on any atom is -0.336 e. The van der Waals surface area contributed by atoms with Gasteiger partial charge in [-0.3, -0.25) is 19.6 Å². The smallest absolute Gasteiger partial charge is 0.253 e. The zero-order valence-electron chi connectivity index (χ0n) is 14.0. The molecule has 0 unspecified atom stereocenters. The Hall–Kier alpha value is -2.67. The largest absolute Gasteiger partial charge is 0.336 e. The third-order valence-electron chi connectivity index (χ3n) is 4.87. The third-order valence-corrected chi connectivity index (χ3v) is 4.87. The molecule has 2 aromatic rings. The lowest BCUT2D eigenvalue weighted by molar-refractivity contribution is -0.116. The molecule has 2 aliphatic heterocycles. The van der Waals surface area contributed by atoms with E-state index in [2.05, 4.69) is 20.4 Å². The molecule has 1 aromatic carbocycles. The molecular weight excluding hydrogens is 318 g/mol. The van der Waals surface area contributed by atoms with Crippen molar-refractivity contribution in [3.8, 4) is 0 Å². The van der Waals surface area contributed by atoms with E-state index < -0.39 is 0 Å². The van der Waals surface area contributed by atoms with E-state index in [4.69, 9.17) is 0 Å². The van der Waals surface area contributed by atoms with Crippen LogP contribution in [0.1, 0.15) is 27.9 Å². The Morgan fingerprint density at radius 1 is 1.16 bits per heavy atom. The van der Waals surface area contributed by atoms with Crippen LogP contribution in [0.3, 0.4) is 0 Å². The summed E-state index contributed by atoms with van der Waals surface area (Å²) in [5.41, 5.74) is 3.75. The fourth-order valence-electron chi connectivity index (χ4n) is 3.43. The number of rotatable bonds is 3. The first-order valence-corrected chi connectivity index (χ1v) is 8.61. The molecule has 2 N–H and O–H groups in total. The minimum absolute atomic E-state index is 0.0420. The van der Waals surface area contributed by atoms with Crippen LogP contribution in [-0.2, 0) is 17.8 Å². The molecule has 1 fully saturated rings. The van der Waals surface area contributed by atoms with E-state index >= 15 is 0 Å². The van der Waals surface area contributed by atoms with E-state index in [0.29, 0.717) is 18.4 Å². The molecule has 2 amide bonds. The van der Waals surface area contributed by atoms with Crippen molar-refractivity contribution in [2.75, 3.05) is 31.5 Å². The van der Waals surface area contributed by atoms with Crippen LogP contribution in [0.25, 0.3) is 0 Å². The predicted molar refractivity (Wildman–Crippen MR) is 93.2 cm³/mol. The van der Waals surface area contributed by atoms with Crippen LogP contribution in [0.4, 0.5) is 5.69 Å². The highest BCUT2D eigenvalue weighted by Gasteiger charge is 2.24. The number of aromatic amines is 1. The van der Waals surface area contributed by atoms with Crippen molar-refractivity contribution in [2.45, 2.75) is 19.4 Å². The van der Waals surface area contributed by atoms with E-state index in [9.17, 15) is 9.59 Å². The monoisotopic (exact) mass is 339 g/mol. The second-order valence-corrected chi connectivity index (χ2v) is 6.60. The molecule has 2 aliphatic rings. The second kappa shape index (κ2) is 6.68. The average Bonchev–Trinajstić information content (AvgIpc) is 3.14. The number of carbonyl (C=O) groups is 2. The summed E-state index contributed by atoms with van der Waals surface area (Å²) in [5, 5.41) is 9.65. The number of piperazine rings is 1. The van der Waals surface area contributed by atoms with Crippen LogP contribution >= 0.6 is 0 Å². The summed E-state index contributed by atoms with van der Waals surface area (Å²) in [6.07, 6.45) is 4.92. The number of aromatic nitrogens is 2. The van der Waals surface area contributed by atoms with Crippen molar-refractivity contribution < 1.29 is 9.59 Å². The number of nitrogens with zero attached hydrogens (tertiary/aromatic N) is 3. The molecule has 7 heteroatoms. The van der Waals surface area contributed by atoms with Gasteiger partial charge >= 0.3 is 0 Å². The van der Waals surface area contributed by atoms with Crippen molar-refractivity contribution in [3.05, 3.63) is 47.3 Å². The molecule has 25 heavy (non-hydrogen) atoms. The van der Waals surface area contributed by atoms with Gasteiger partial charge in [0.05, 0.1) is 6.20 Å². The first-order valence-electron chi connectivity index (χ1n) is 8.61. The molecule has 130 valence electrons. The molecular formula is C18H21N5O2. The van der Waals surface area contributed by atoms with E-state index in [1.165, 1.54) is 0 Å². The number of benzene rings is 1. The fourth-order valence-corrected chi connectivity index (χ4v) is 3.43. The summed E-state index contributed by atoms with van der Waals surface area (Å²) >= 11 is 0. The van der Waals surface area contributed by atoms with Gasteiger partial charge in [0.2, 0.25) is 5.91 Å². The molecule has 0 atom stereocenters. The van der Waals surface area contributed by atoms with E-state index in [1.807, 2.05) is 35.5 Å². The number of H-pyrrole nitrogens is 1. The summed E-state index contributed by atoms with van der Waals surface area (Å²) in [6.45, 7) is 4.03. The van der Waals surface area contributed by atoms with Crippen molar-refractivity contribution in [1.82, 2.24) is 20.0 Å². The Morgan fingerprint density at radius 3 is 2.76 bits per heavy atom. The van der Waals surface area contributed by atoms with Crippen LogP contribution in [0.5, 0.6) is 0 Å². The summed E-state index contributed by atoms with van der Waals surface area (Å²) in [5.74, 6) is 0.114. The number of carbonyl (C=O) groups excluding carboxylic acids is 2. The number of anilines is 1. The van der Waals surface area contributed by atoms with Gasteiger partial charge in [0, 0.05) is 62.2 Å². The Balaban J connectivity index is 1.38. The zero-order valence-corrected chi connectivity index (χ0v) is 14.0. The lowest BCUT2D eigenvalue weighted by Crippen LogP contribution is -2.48. The summed E-state index contributed by atoms with van der Waals surface area (Å²) < 4.78 is 0. The average molecular weight is 339 g/mol. The number of aryl methyl sites for hydroxylation is 1. The minimum atomic E-state index is 0.0420. The van der Waals surface area contributed by atoms with Gasteiger partial charge in [-0.15, -0.1) is 0 Å². The molecule has 0 radical (unpaired) electrons.